The average Bonchev–Trinajstić information content (AvgIpc) is 2.77. The van der Waals surface area contributed by atoms with Crippen LogP contribution in [0.2, 0.25) is 0 Å². The summed E-state index contributed by atoms with van der Waals surface area (Å²) in [6.45, 7) is 5.36. The molecule has 0 radical (unpaired) electrons. The number of benzene rings is 1. The topological polar surface area (TPSA) is 12.0 Å². The van der Waals surface area contributed by atoms with Crippen molar-refractivity contribution in [2.24, 2.45) is 5.92 Å². The van der Waals surface area contributed by atoms with Crippen molar-refractivity contribution in [3.05, 3.63) is 34.6 Å². The second-order valence-corrected chi connectivity index (χ2v) is 5.11. The number of nitrogens with one attached hydrogen (secondary N) is 1. The van der Waals surface area contributed by atoms with Gasteiger partial charge in [0.05, 0.1) is 0 Å². The van der Waals surface area contributed by atoms with Crippen LogP contribution in [0.25, 0.3) is 0 Å². The van der Waals surface area contributed by atoms with Gasteiger partial charge in [-0.3, -0.25) is 0 Å². The smallest absolute Gasteiger partial charge is 0.123 e. The Balaban J connectivity index is 2.12. The molecule has 3 rings (SSSR count). The molecule has 1 N–H and O–H groups in total. The first-order valence-electron chi connectivity index (χ1n) is 6.28. The van der Waals surface area contributed by atoms with Gasteiger partial charge in [-0.15, -0.1) is 0 Å². The molecule has 0 fully saturated rings. The van der Waals surface area contributed by atoms with Gasteiger partial charge in [-0.2, -0.15) is 0 Å². The van der Waals surface area contributed by atoms with E-state index in [-0.39, 0.29) is 5.82 Å². The van der Waals surface area contributed by atoms with Crippen molar-refractivity contribution < 1.29 is 4.39 Å². The summed E-state index contributed by atoms with van der Waals surface area (Å²) in [5.74, 6) is 1.21. The lowest BCUT2D eigenvalue weighted by atomic mass is 9.92. The third-order valence-electron chi connectivity index (χ3n) is 4.28. The summed E-state index contributed by atoms with van der Waals surface area (Å²) in [5, 5.41) is 3.50. The van der Waals surface area contributed by atoms with E-state index in [2.05, 4.69) is 19.2 Å². The molecule has 16 heavy (non-hydrogen) atoms. The zero-order valence-corrected chi connectivity index (χ0v) is 9.89. The maximum atomic E-state index is 13.5. The predicted molar refractivity (Wildman–Crippen MR) is 63.0 cm³/mol. The molecule has 1 nitrogen and oxygen atoms in total. The lowest BCUT2D eigenvalue weighted by Gasteiger charge is -2.21. The van der Waals surface area contributed by atoms with Gasteiger partial charge in [0.1, 0.15) is 5.82 Å². The number of hydrogen-bond donors (Lipinski definition) is 1. The molecule has 3 atom stereocenters. The van der Waals surface area contributed by atoms with E-state index in [0.29, 0.717) is 17.9 Å². The Bertz CT molecular complexity index is 427. The van der Waals surface area contributed by atoms with E-state index in [1.165, 1.54) is 23.1 Å². The standard InChI is InChI=1S/C14H18FN/c1-3-16-14-8(2)11-5-4-9-6-10(15)7-12(14)13(9)11/h6-8,11,14,16H,3-5H2,1-2H3. The minimum Gasteiger partial charge on any atom is -0.310 e. The lowest BCUT2D eigenvalue weighted by Crippen LogP contribution is -2.24. The number of aryl methyl sites for hydroxylation is 1. The van der Waals surface area contributed by atoms with Gasteiger partial charge < -0.3 is 5.32 Å². The highest BCUT2D eigenvalue weighted by Crippen LogP contribution is 2.52. The van der Waals surface area contributed by atoms with E-state index in [1.807, 2.05) is 0 Å². The molecule has 3 unspecified atom stereocenters. The molecule has 0 amide bonds. The molecule has 0 heterocycles. The summed E-state index contributed by atoms with van der Waals surface area (Å²) in [7, 11) is 0. The first kappa shape index (κ1) is 10.3. The van der Waals surface area contributed by atoms with Crippen molar-refractivity contribution in [3.63, 3.8) is 0 Å². The lowest BCUT2D eigenvalue weighted by molar-refractivity contribution is 0.368. The number of hydrogen-bond acceptors (Lipinski definition) is 1. The van der Waals surface area contributed by atoms with Crippen molar-refractivity contribution in [2.45, 2.75) is 38.6 Å². The van der Waals surface area contributed by atoms with Gasteiger partial charge >= 0.3 is 0 Å². The van der Waals surface area contributed by atoms with Gasteiger partial charge in [-0.05, 0) is 60.0 Å². The molecule has 0 aliphatic heterocycles. The number of rotatable bonds is 2. The molecular formula is C14H18FN. The van der Waals surface area contributed by atoms with Crippen molar-refractivity contribution in [2.75, 3.05) is 6.54 Å². The molecule has 2 aliphatic carbocycles. The molecule has 0 saturated heterocycles. The molecule has 0 saturated carbocycles. The van der Waals surface area contributed by atoms with Crippen LogP contribution in [0, 0.1) is 11.7 Å². The summed E-state index contributed by atoms with van der Waals surface area (Å²) < 4.78 is 13.5. The fraction of sp³-hybridized carbons (Fsp3) is 0.571. The van der Waals surface area contributed by atoms with Crippen LogP contribution in [0.5, 0.6) is 0 Å². The maximum Gasteiger partial charge on any atom is 0.123 e. The van der Waals surface area contributed by atoms with E-state index < -0.39 is 0 Å². The van der Waals surface area contributed by atoms with Crippen LogP contribution < -0.4 is 5.32 Å². The zero-order valence-electron chi connectivity index (χ0n) is 9.89. The molecule has 2 aliphatic rings. The van der Waals surface area contributed by atoms with Crippen LogP contribution in [0.3, 0.4) is 0 Å². The fourth-order valence-electron chi connectivity index (χ4n) is 3.63. The van der Waals surface area contributed by atoms with Gasteiger partial charge in [-0.1, -0.05) is 13.8 Å². The van der Waals surface area contributed by atoms with Gasteiger partial charge in [0.2, 0.25) is 0 Å². The third kappa shape index (κ3) is 1.26. The van der Waals surface area contributed by atoms with E-state index in [4.69, 9.17) is 0 Å². The van der Waals surface area contributed by atoms with Gasteiger partial charge in [0.15, 0.2) is 0 Å². The van der Waals surface area contributed by atoms with E-state index in [9.17, 15) is 4.39 Å². The van der Waals surface area contributed by atoms with E-state index in [1.54, 1.807) is 12.1 Å². The van der Waals surface area contributed by atoms with Crippen LogP contribution in [0.1, 0.15) is 48.9 Å². The monoisotopic (exact) mass is 219 g/mol. The van der Waals surface area contributed by atoms with Crippen LogP contribution >= 0.6 is 0 Å². The first-order chi connectivity index (χ1) is 7.72. The van der Waals surface area contributed by atoms with Gasteiger partial charge in [-0.25, -0.2) is 4.39 Å². The molecule has 1 aromatic rings. The molecule has 2 heteroatoms. The Kier molecular flexibility index (Phi) is 2.28. The minimum absolute atomic E-state index is 0.0635. The van der Waals surface area contributed by atoms with E-state index >= 15 is 0 Å². The third-order valence-corrected chi connectivity index (χ3v) is 4.28. The Morgan fingerprint density at radius 3 is 3.00 bits per heavy atom. The minimum atomic E-state index is -0.0635. The molecule has 0 spiro atoms. The SMILES string of the molecule is CCNC1c2cc(F)cc3c2C(CC3)C1C. The van der Waals surface area contributed by atoms with Crippen molar-refractivity contribution in [1.29, 1.82) is 0 Å². The Labute approximate surface area is 96.1 Å². The number of halogens is 1. The summed E-state index contributed by atoms with van der Waals surface area (Å²) in [6.07, 6.45) is 2.27. The van der Waals surface area contributed by atoms with Crippen LogP contribution in [-0.2, 0) is 6.42 Å². The highest BCUT2D eigenvalue weighted by atomic mass is 19.1. The Morgan fingerprint density at radius 1 is 1.44 bits per heavy atom. The average molecular weight is 219 g/mol. The Morgan fingerprint density at radius 2 is 2.25 bits per heavy atom. The highest BCUT2D eigenvalue weighted by Gasteiger charge is 2.41. The second kappa shape index (κ2) is 3.56. The zero-order chi connectivity index (χ0) is 11.3. The predicted octanol–water partition coefficient (Wildman–Crippen LogP) is 3.16. The quantitative estimate of drug-likeness (QED) is 0.805. The molecule has 86 valence electrons. The van der Waals surface area contributed by atoms with Crippen LogP contribution in [-0.4, -0.2) is 6.54 Å². The van der Waals surface area contributed by atoms with Crippen LogP contribution in [0.4, 0.5) is 4.39 Å². The second-order valence-electron chi connectivity index (χ2n) is 5.11. The summed E-state index contributed by atoms with van der Waals surface area (Å²) in [5.41, 5.74) is 3.94. The van der Waals surface area contributed by atoms with Crippen molar-refractivity contribution >= 4 is 0 Å². The summed E-state index contributed by atoms with van der Waals surface area (Å²) in [6, 6.07) is 3.84. The molecule has 0 aromatic heterocycles. The first-order valence-corrected chi connectivity index (χ1v) is 6.28. The fourth-order valence-corrected chi connectivity index (χ4v) is 3.63. The van der Waals surface area contributed by atoms with Crippen molar-refractivity contribution in [1.82, 2.24) is 5.32 Å². The molecule has 1 aromatic carbocycles. The molecule has 0 bridgehead atoms. The normalized spacial score (nSPS) is 30.8. The van der Waals surface area contributed by atoms with Gasteiger partial charge in [0.25, 0.3) is 0 Å². The highest BCUT2D eigenvalue weighted by molar-refractivity contribution is 5.48. The van der Waals surface area contributed by atoms with Crippen LogP contribution in [0.15, 0.2) is 12.1 Å². The Hall–Kier alpha value is -0.890. The molecular weight excluding hydrogens is 201 g/mol. The maximum absolute atomic E-state index is 13.5. The summed E-state index contributed by atoms with van der Waals surface area (Å²) in [4.78, 5) is 0. The van der Waals surface area contributed by atoms with Crippen molar-refractivity contribution in [3.8, 4) is 0 Å². The van der Waals surface area contributed by atoms with E-state index in [0.717, 1.165) is 13.0 Å². The summed E-state index contributed by atoms with van der Waals surface area (Å²) >= 11 is 0. The van der Waals surface area contributed by atoms with Gasteiger partial charge in [0, 0.05) is 6.04 Å². The largest absolute Gasteiger partial charge is 0.310 e.